The lowest BCUT2D eigenvalue weighted by Gasteiger charge is -2.36. The van der Waals surface area contributed by atoms with E-state index in [1.807, 2.05) is 13.8 Å². The number of nitrogens with zero attached hydrogens (tertiary/aromatic N) is 2. The number of anilines is 1. The maximum atomic E-state index is 13.2. The Morgan fingerprint density at radius 1 is 1.44 bits per heavy atom. The van der Waals surface area contributed by atoms with Crippen LogP contribution in [0.4, 0.5) is 10.2 Å². The summed E-state index contributed by atoms with van der Waals surface area (Å²) in [5.74, 6) is -1.62. The molecule has 0 saturated carbocycles. The molecule has 1 aromatic heterocycles. The van der Waals surface area contributed by atoms with Gasteiger partial charge in [-0.2, -0.15) is 4.39 Å². The van der Waals surface area contributed by atoms with E-state index in [1.165, 1.54) is 6.07 Å². The van der Waals surface area contributed by atoms with Gasteiger partial charge in [-0.05, 0) is 26.0 Å². The first-order valence-corrected chi connectivity index (χ1v) is 5.77. The summed E-state index contributed by atoms with van der Waals surface area (Å²) in [5, 5.41) is 9.10. The third kappa shape index (κ3) is 2.59. The number of aromatic nitrogens is 1. The largest absolute Gasteiger partial charge is 0.478 e. The number of halogens is 1. The maximum Gasteiger partial charge on any atom is 0.339 e. The monoisotopic (exact) mass is 254 g/mol. The van der Waals surface area contributed by atoms with Crippen LogP contribution in [0.1, 0.15) is 24.2 Å². The SMILES string of the molecule is CC1CN(c2nc(F)ccc2C(=O)O)CC(C)O1. The Balaban J connectivity index is 2.36. The van der Waals surface area contributed by atoms with Crippen molar-refractivity contribution in [3.63, 3.8) is 0 Å². The summed E-state index contributed by atoms with van der Waals surface area (Å²) in [5.41, 5.74) is 0.0118. The van der Waals surface area contributed by atoms with Crippen molar-refractivity contribution in [1.29, 1.82) is 0 Å². The van der Waals surface area contributed by atoms with Gasteiger partial charge >= 0.3 is 5.97 Å². The number of rotatable bonds is 2. The van der Waals surface area contributed by atoms with Crippen molar-refractivity contribution >= 4 is 11.8 Å². The third-order valence-corrected chi connectivity index (χ3v) is 2.79. The zero-order valence-electron chi connectivity index (χ0n) is 10.3. The zero-order valence-corrected chi connectivity index (χ0v) is 10.3. The molecule has 0 aliphatic carbocycles. The number of carbonyl (C=O) groups is 1. The number of pyridine rings is 1. The molecule has 5 nitrogen and oxygen atoms in total. The maximum absolute atomic E-state index is 13.2. The molecule has 0 spiro atoms. The molecule has 18 heavy (non-hydrogen) atoms. The molecule has 1 aliphatic heterocycles. The quantitative estimate of drug-likeness (QED) is 0.811. The molecule has 1 aromatic rings. The van der Waals surface area contributed by atoms with Crippen molar-refractivity contribution in [2.45, 2.75) is 26.1 Å². The van der Waals surface area contributed by atoms with Crippen LogP contribution in [0.3, 0.4) is 0 Å². The summed E-state index contributed by atoms with van der Waals surface area (Å²) in [6, 6.07) is 2.30. The van der Waals surface area contributed by atoms with E-state index < -0.39 is 11.9 Å². The Hall–Kier alpha value is -1.69. The van der Waals surface area contributed by atoms with Gasteiger partial charge in [0.1, 0.15) is 11.4 Å². The van der Waals surface area contributed by atoms with E-state index in [1.54, 1.807) is 4.90 Å². The number of morpholine rings is 1. The van der Waals surface area contributed by atoms with Gasteiger partial charge in [-0.25, -0.2) is 9.78 Å². The molecule has 1 fully saturated rings. The average molecular weight is 254 g/mol. The lowest BCUT2D eigenvalue weighted by atomic mass is 10.2. The van der Waals surface area contributed by atoms with Gasteiger partial charge in [0.15, 0.2) is 0 Å². The molecule has 0 radical (unpaired) electrons. The lowest BCUT2D eigenvalue weighted by Crippen LogP contribution is -2.46. The fourth-order valence-electron chi connectivity index (χ4n) is 2.18. The van der Waals surface area contributed by atoms with Crippen LogP contribution in [-0.2, 0) is 4.74 Å². The molecule has 0 amide bonds. The van der Waals surface area contributed by atoms with Crippen molar-refractivity contribution in [3.05, 3.63) is 23.6 Å². The number of hydrogen-bond acceptors (Lipinski definition) is 4. The Bertz CT molecular complexity index is 457. The minimum atomic E-state index is -1.11. The van der Waals surface area contributed by atoms with Crippen molar-refractivity contribution in [1.82, 2.24) is 4.98 Å². The van der Waals surface area contributed by atoms with Crippen LogP contribution in [0.2, 0.25) is 0 Å². The molecule has 1 N–H and O–H groups in total. The van der Waals surface area contributed by atoms with Crippen LogP contribution in [0.25, 0.3) is 0 Å². The number of carboxylic acid groups (broad SMARTS) is 1. The Morgan fingerprint density at radius 3 is 2.61 bits per heavy atom. The number of hydrogen-bond donors (Lipinski definition) is 1. The molecule has 6 heteroatoms. The summed E-state index contributed by atoms with van der Waals surface area (Å²) in [4.78, 5) is 16.6. The number of carboxylic acids is 1. The highest BCUT2D eigenvalue weighted by atomic mass is 19.1. The fourth-order valence-corrected chi connectivity index (χ4v) is 2.18. The highest BCUT2D eigenvalue weighted by Gasteiger charge is 2.26. The van der Waals surface area contributed by atoms with E-state index in [2.05, 4.69) is 4.98 Å². The second kappa shape index (κ2) is 4.89. The average Bonchev–Trinajstić information content (AvgIpc) is 2.27. The molecular weight excluding hydrogens is 239 g/mol. The summed E-state index contributed by atoms with van der Waals surface area (Å²) in [6.07, 6.45) is -0.0825. The third-order valence-electron chi connectivity index (χ3n) is 2.79. The zero-order chi connectivity index (χ0) is 13.3. The van der Waals surface area contributed by atoms with Gasteiger partial charge in [-0.1, -0.05) is 0 Å². The lowest BCUT2D eigenvalue weighted by molar-refractivity contribution is -0.00561. The summed E-state index contributed by atoms with van der Waals surface area (Å²) >= 11 is 0. The van der Waals surface area contributed by atoms with Crippen molar-refractivity contribution in [3.8, 4) is 0 Å². The first-order valence-electron chi connectivity index (χ1n) is 5.77. The Labute approximate surface area is 104 Å². The predicted molar refractivity (Wildman–Crippen MR) is 63.4 cm³/mol. The van der Waals surface area contributed by atoms with Crippen LogP contribution in [0, 0.1) is 5.95 Å². The standard InChI is InChI=1S/C12H15FN2O3/c1-7-5-15(6-8(2)18-7)11-9(12(16)17)3-4-10(13)14-11/h3-4,7-8H,5-6H2,1-2H3,(H,16,17). The summed E-state index contributed by atoms with van der Waals surface area (Å²) in [7, 11) is 0. The smallest absolute Gasteiger partial charge is 0.339 e. The minimum Gasteiger partial charge on any atom is -0.478 e. The van der Waals surface area contributed by atoms with Crippen molar-refractivity contribution in [2.75, 3.05) is 18.0 Å². The van der Waals surface area contributed by atoms with Gasteiger partial charge in [0.25, 0.3) is 0 Å². The molecule has 98 valence electrons. The molecule has 1 aliphatic rings. The normalized spacial score (nSPS) is 24.1. The molecule has 2 rings (SSSR count). The van der Waals surface area contributed by atoms with Gasteiger partial charge in [0.2, 0.25) is 5.95 Å². The highest BCUT2D eigenvalue weighted by Crippen LogP contribution is 2.22. The first kappa shape index (κ1) is 12.8. The van der Waals surface area contributed by atoms with Crippen LogP contribution >= 0.6 is 0 Å². The number of ether oxygens (including phenoxy) is 1. The van der Waals surface area contributed by atoms with Crippen LogP contribution in [-0.4, -0.2) is 41.4 Å². The van der Waals surface area contributed by atoms with Gasteiger partial charge in [-0.15, -0.1) is 0 Å². The molecule has 2 heterocycles. The molecule has 0 bridgehead atoms. The molecule has 2 unspecified atom stereocenters. The second-order valence-electron chi connectivity index (χ2n) is 4.47. The van der Waals surface area contributed by atoms with Crippen LogP contribution in [0.15, 0.2) is 12.1 Å². The van der Waals surface area contributed by atoms with E-state index in [0.717, 1.165) is 6.07 Å². The van der Waals surface area contributed by atoms with E-state index >= 15 is 0 Å². The topological polar surface area (TPSA) is 62.7 Å². The van der Waals surface area contributed by atoms with Gasteiger partial charge in [-0.3, -0.25) is 0 Å². The van der Waals surface area contributed by atoms with Crippen LogP contribution < -0.4 is 4.90 Å². The van der Waals surface area contributed by atoms with E-state index in [-0.39, 0.29) is 23.6 Å². The van der Waals surface area contributed by atoms with Crippen molar-refractivity contribution in [2.24, 2.45) is 0 Å². The molecule has 2 atom stereocenters. The van der Waals surface area contributed by atoms with E-state index in [9.17, 15) is 9.18 Å². The minimum absolute atomic E-state index is 0.0118. The van der Waals surface area contributed by atoms with Gasteiger partial charge < -0.3 is 14.7 Å². The summed E-state index contributed by atoms with van der Waals surface area (Å²) < 4.78 is 18.8. The Morgan fingerprint density at radius 2 is 2.06 bits per heavy atom. The molecule has 0 aromatic carbocycles. The number of aromatic carboxylic acids is 1. The van der Waals surface area contributed by atoms with Gasteiger partial charge in [0.05, 0.1) is 12.2 Å². The van der Waals surface area contributed by atoms with Crippen LogP contribution in [0.5, 0.6) is 0 Å². The Kier molecular flexibility index (Phi) is 3.47. The highest BCUT2D eigenvalue weighted by molar-refractivity contribution is 5.93. The fraction of sp³-hybridized carbons (Fsp3) is 0.500. The first-order chi connectivity index (χ1) is 8.47. The predicted octanol–water partition coefficient (Wildman–Crippen LogP) is 1.53. The molecule has 1 saturated heterocycles. The van der Waals surface area contributed by atoms with E-state index in [4.69, 9.17) is 9.84 Å². The summed E-state index contributed by atoms with van der Waals surface area (Å²) in [6.45, 7) is 4.78. The molecular formula is C12H15FN2O3. The van der Waals surface area contributed by atoms with E-state index in [0.29, 0.717) is 13.1 Å². The van der Waals surface area contributed by atoms with Gasteiger partial charge in [0, 0.05) is 13.1 Å². The van der Waals surface area contributed by atoms with Crippen molar-refractivity contribution < 1.29 is 19.0 Å². The second-order valence-corrected chi connectivity index (χ2v) is 4.47.